The van der Waals surface area contributed by atoms with E-state index in [9.17, 15) is 9.90 Å². The van der Waals surface area contributed by atoms with Gasteiger partial charge >= 0.3 is 0 Å². The first-order valence-electron chi connectivity index (χ1n) is 9.29. The van der Waals surface area contributed by atoms with Crippen molar-refractivity contribution in [3.8, 4) is 0 Å². The summed E-state index contributed by atoms with van der Waals surface area (Å²) < 4.78 is 0. The van der Waals surface area contributed by atoms with Crippen LogP contribution in [-0.2, 0) is 17.9 Å². The minimum absolute atomic E-state index is 0.199. The first-order valence-corrected chi connectivity index (χ1v) is 10.8. The summed E-state index contributed by atoms with van der Waals surface area (Å²) in [7, 11) is 0. The SMILES string of the molecule is O=C(NCc1nc2ccc(Cl)cc2[nH]1)[C@@H]1[C@@H](O)CCN1Cc1c(Cl)cc(Cl)cc1Cl. The predicted octanol–water partition coefficient (Wildman–Crippen LogP) is 4.43. The maximum Gasteiger partial charge on any atom is 0.240 e. The molecule has 1 saturated heterocycles. The molecule has 1 aromatic heterocycles. The van der Waals surface area contributed by atoms with Crippen molar-refractivity contribution in [1.82, 2.24) is 20.2 Å². The molecular weight excluding hydrogens is 470 g/mol. The molecule has 3 N–H and O–H groups in total. The quantitative estimate of drug-likeness (QED) is 0.497. The fraction of sp³-hybridized carbons (Fsp3) is 0.300. The van der Waals surface area contributed by atoms with Gasteiger partial charge < -0.3 is 15.4 Å². The van der Waals surface area contributed by atoms with Crippen LogP contribution in [0.2, 0.25) is 20.1 Å². The minimum atomic E-state index is -0.788. The number of aliphatic hydroxyl groups is 1. The zero-order valence-corrected chi connectivity index (χ0v) is 18.7. The smallest absolute Gasteiger partial charge is 0.240 e. The second kappa shape index (κ2) is 8.91. The molecule has 30 heavy (non-hydrogen) atoms. The number of fused-ring (bicyclic) bond motifs is 1. The van der Waals surface area contributed by atoms with Gasteiger partial charge in [0.25, 0.3) is 0 Å². The van der Waals surface area contributed by atoms with Crippen molar-refractivity contribution in [1.29, 1.82) is 0 Å². The number of halogens is 4. The second-order valence-corrected chi connectivity index (χ2v) is 8.87. The van der Waals surface area contributed by atoms with E-state index in [1.807, 2.05) is 11.0 Å². The molecule has 0 bridgehead atoms. The third-order valence-corrected chi connectivity index (χ3v) is 6.26. The van der Waals surface area contributed by atoms with Crippen molar-refractivity contribution in [3.05, 3.63) is 61.8 Å². The van der Waals surface area contributed by atoms with Crippen LogP contribution in [0.4, 0.5) is 0 Å². The molecule has 2 atom stereocenters. The normalized spacial score (nSPS) is 19.5. The lowest BCUT2D eigenvalue weighted by molar-refractivity contribution is -0.128. The average Bonchev–Trinajstić information content (AvgIpc) is 3.25. The van der Waals surface area contributed by atoms with Gasteiger partial charge in [0.2, 0.25) is 5.91 Å². The zero-order chi connectivity index (χ0) is 21.4. The molecule has 4 rings (SSSR count). The number of rotatable bonds is 5. The van der Waals surface area contributed by atoms with Gasteiger partial charge in [-0.3, -0.25) is 9.69 Å². The number of H-pyrrole nitrogens is 1. The average molecular weight is 488 g/mol. The molecule has 1 amide bonds. The number of likely N-dealkylation sites (tertiary alicyclic amines) is 1. The van der Waals surface area contributed by atoms with Gasteiger partial charge in [-0.05, 0) is 36.8 Å². The molecule has 0 unspecified atom stereocenters. The number of aromatic amines is 1. The van der Waals surface area contributed by atoms with Gasteiger partial charge in [-0.2, -0.15) is 0 Å². The van der Waals surface area contributed by atoms with E-state index in [0.29, 0.717) is 51.0 Å². The summed E-state index contributed by atoms with van der Waals surface area (Å²) in [6.45, 7) is 1.06. The third kappa shape index (κ3) is 4.54. The van der Waals surface area contributed by atoms with Crippen LogP contribution in [0, 0.1) is 0 Å². The molecule has 3 aromatic rings. The Labute approximate surface area is 193 Å². The highest BCUT2D eigenvalue weighted by atomic mass is 35.5. The van der Waals surface area contributed by atoms with Gasteiger partial charge in [0.05, 0.1) is 23.7 Å². The summed E-state index contributed by atoms with van der Waals surface area (Å²) in [4.78, 5) is 22.3. The fourth-order valence-corrected chi connectivity index (χ4v) is 4.79. The molecule has 0 aliphatic carbocycles. The number of benzene rings is 2. The van der Waals surface area contributed by atoms with Gasteiger partial charge in [-0.15, -0.1) is 0 Å². The lowest BCUT2D eigenvalue weighted by atomic mass is 10.1. The number of nitrogens with zero attached hydrogens (tertiary/aromatic N) is 2. The first-order chi connectivity index (χ1) is 14.3. The molecule has 1 aliphatic heterocycles. The monoisotopic (exact) mass is 486 g/mol. The highest BCUT2D eigenvalue weighted by Crippen LogP contribution is 2.32. The number of hydrogen-bond donors (Lipinski definition) is 3. The Bertz CT molecular complexity index is 1080. The molecular formula is C20H18Cl4N4O2. The Kier molecular flexibility index (Phi) is 6.44. The first kappa shape index (κ1) is 21.7. The van der Waals surface area contributed by atoms with Crippen LogP contribution in [0.5, 0.6) is 0 Å². The minimum Gasteiger partial charge on any atom is -0.391 e. The number of aliphatic hydroxyl groups excluding tert-OH is 1. The van der Waals surface area contributed by atoms with Crippen molar-refractivity contribution in [2.45, 2.75) is 31.7 Å². The number of aromatic nitrogens is 2. The van der Waals surface area contributed by atoms with E-state index < -0.39 is 12.1 Å². The number of imidazole rings is 1. The second-order valence-electron chi connectivity index (χ2n) is 7.18. The Morgan fingerprint density at radius 2 is 1.90 bits per heavy atom. The molecule has 0 spiro atoms. The number of hydrogen-bond acceptors (Lipinski definition) is 4. The van der Waals surface area contributed by atoms with E-state index in [-0.39, 0.29) is 12.5 Å². The van der Waals surface area contributed by atoms with Crippen LogP contribution in [0.1, 0.15) is 17.8 Å². The largest absolute Gasteiger partial charge is 0.391 e. The summed E-state index contributed by atoms with van der Waals surface area (Å²) in [5.41, 5.74) is 2.23. The lowest BCUT2D eigenvalue weighted by Gasteiger charge is -2.26. The number of amides is 1. The van der Waals surface area contributed by atoms with Gasteiger partial charge in [-0.1, -0.05) is 46.4 Å². The molecule has 0 radical (unpaired) electrons. The van der Waals surface area contributed by atoms with Crippen LogP contribution in [0.25, 0.3) is 11.0 Å². The highest BCUT2D eigenvalue weighted by Gasteiger charge is 2.38. The molecule has 10 heteroatoms. The number of nitrogens with one attached hydrogen (secondary N) is 2. The summed E-state index contributed by atoms with van der Waals surface area (Å²) in [6, 6.07) is 7.84. The molecule has 1 aliphatic rings. The molecule has 6 nitrogen and oxygen atoms in total. The maximum absolute atomic E-state index is 12.9. The van der Waals surface area contributed by atoms with Crippen molar-refractivity contribution in [3.63, 3.8) is 0 Å². The van der Waals surface area contributed by atoms with Crippen LogP contribution < -0.4 is 5.32 Å². The Balaban J connectivity index is 1.46. The zero-order valence-electron chi connectivity index (χ0n) is 15.6. The summed E-state index contributed by atoms with van der Waals surface area (Å²) >= 11 is 24.5. The molecule has 2 aromatic carbocycles. The molecule has 158 valence electrons. The molecule has 2 heterocycles. The van der Waals surface area contributed by atoms with Gasteiger partial charge in [0, 0.05) is 38.7 Å². The van der Waals surface area contributed by atoms with Crippen LogP contribution in [0.3, 0.4) is 0 Å². The van der Waals surface area contributed by atoms with E-state index >= 15 is 0 Å². The van der Waals surface area contributed by atoms with Crippen LogP contribution >= 0.6 is 46.4 Å². The van der Waals surface area contributed by atoms with Crippen molar-refractivity contribution < 1.29 is 9.90 Å². The van der Waals surface area contributed by atoms with E-state index in [1.54, 1.807) is 24.3 Å². The van der Waals surface area contributed by atoms with Gasteiger partial charge in [0.1, 0.15) is 11.9 Å². The molecule has 1 fully saturated rings. The van der Waals surface area contributed by atoms with E-state index in [2.05, 4.69) is 15.3 Å². The van der Waals surface area contributed by atoms with Crippen molar-refractivity contribution >= 4 is 63.3 Å². The highest BCUT2D eigenvalue weighted by molar-refractivity contribution is 6.39. The third-order valence-electron chi connectivity index (χ3n) is 5.13. The van der Waals surface area contributed by atoms with Crippen LogP contribution in [-0.4, -0.2) is 44.6 Å². The number of carbonyl (C=O) groups excluding carboxylic acids is 1. The van der Waals surface area contributed by atoms with Gasteiger partial charge in [-0.25, -0.2) is 4.98 Å². The van der Waals surface area contributed by atoms with E-state index in [4.69, 9.17) is 46.4 Å². The maximum atomic E-state index is 12.9. The fourth-order valence-electron chi connectivity index (χ4n) is 3.68. The van der Waals surface area contributed by atoms with E-state index in [0.717, 1.165) is 11.0 Å². The number of carbonyl (C=O) groups is 1. The summed E-state index contributed by atoms with van der Waals surface area (Å²) in [5.74, 6) is 0.308. The van der Waals surface area contributed by atoms with E-state index in [1.165, 1.54) is 0 Å². The standard InChI is InChI=1S/C20H18Cl4N4O2/c21-10-1-2-15-16(7-10)27-18(26-15)8-25-20(30)19-17(29)3-4-28(19)9-12-13(23)5-11(22)6-14(12)24/h1-2,5-7,17,19,29H,3-4,8-9H2,(H,25,30)(H,26,27)/t17-,19-/m0/s1. The summed E-state index contributed by atoms with van der Waals surface area (Å²) in [5, 5.41) is 15.1. The van der Waals surface area contributed by atoms with Crippen molar-refractivity contribution in [2.24, 2.45) is 0 Å². The Morgan fingerprint density at radius 3 is 2.63 bits per heavy atom. The predicted molar refractivity (Wildman–Crippen MR) is 119 cm³/mol. The van der Waals surface area contributed by atoms with Crippen molar-refractivity contribution in [2.75, 3.05) is 6.54 Å². The van der Waals surface area contributed by atoms with Crippen LogP contribution in [0.15, 0.2) is 30.3 Å². The Morgan fingerprint density at radius 1 is 1.17 bits per heavy atom. The van der Waals surface area contributed by atoms with Gasteiger partial charge in [0.15, 0.2) is 0 Å². The lowest BCUT2D eigenvalue weighted by Crippen LogP contribution is -2.47. The topological polar surface area (TPSA) is 81.2 Å². The summed E-state index contributed by atoms with van der Waals surface area (Å²) in [6.07, 6.45) is -0.311. The Hall–Kier alpha value is -1.54. The molecule has 0 saturated carbocycles.